The van der Waals surface area contributed by atoms with Crippen LogP contribution in [0.25, 0.3) is 5.69 Å². The fourth-order valence-electron chi connectivity index (χ4n) is 0.934. The topological polar surface area (TPSA) is 30.7 Å². The van der Waals surface area contributed by atoms with Crippen LogP contribution in [0, 0.1) is 0 Å². The van der Waals surface area contributed by atoms with Crippen molar-refractivity contribution in [1.29, 1.82) is 0 Å². The summed E-state index contributed by atoms with van der Waals surface area (Å²) in [5.74, 6) is 0. The lowest BCUT2D eigenvalue weighted by molar-refractivity contribution is 1.06. The lowest BCUT2D eigenvalue weighted by Gasteiger charge is -1.97. The molecule has 0 radical (unpaired) electrons. The third kappa shape index (κ3) is 1.12. The summed E-state index contributed by atoms with van der Waals surface area (Å²) in [6.45, 7) is 0. The molecule has 0 saturated heterocycles. The lowest BCUT2D eigenvalue weighted by Crippen LogP contribution is -1.87. The zero-order chi connectivity index (χ0) is 7.52. The van der Waals surface area contributed by atoms with Crippen LogP contribution in [0.1, 0.15) is 0 Å². The first-order chi connectivity index (χ1) is 5.47. The van der Waals surface area contributed by atoms with Gasteiger partial charge in [0.1, 0.15) is 12.7 Å². The predicted octanol–water partition coefficient (Wildman–Crippen LogP) is 1.27. The van der Waals surface area contributed by atoms with Crippen LogP contribution < -0.4 is 0 Å². The SMILES string of the molecule is c1ccc(-n2cnnc2)cc1. The molecule has 0 atom stereocenters. The highest BCUT2D eigenvalue weighted by Gasteiger charge is 1.90. The lowest BCUT2D eigenvalue weighted by atomic mass is 10.3. The molecule has 11 heavy (non-hydrogen) atoms. The van der Waals surface area contributed by atoms with E-state index in [9.17, 15) is 0 Å². The van der Waals surface area contributed by atoms with Crippen molar-refractivity contribution in [3.05, 3.63) is 43.0 Å². The molecule has 1 aromatic heterocycles. The molecule has 2 rings (SSSR count). The molecule has 1 aromatic carbocycles. The second-order valence-electron chi connectivity index (χ2n) is 2.20. The van der Waals surface area contributed by atoms with Crippen LogP contribution in [0.5, 0.6) is 0 Å². The summed E-state index contributed by atoms with van der Waals surface area (Å²) in [5, 5.41) is 7.42. The number of para-hydroxylation sites is 1. The maximum atomic E-state index is 3.71. The van der Waals surface area contributed by atoms with Gasteiger partial charge in [0.05, 0.1) is 0 Å². The van der Waals surface area contributed by atoms with Crippen molar-refractivity contribution < 1.29 is 0 Å². The molecule has 0 spiro atoms. The molecule has 0 aliphatic heterocycles. The van der Waals surface area contributed by atoms with Gasteiger partial charge in [-0.05, 0) is 12.1 Å². The zero-order valence-corrected chi connectivity index (χ0v) is 5.88. The van der Waals surface area contributed by atoms with Gasteiger partial charge >= 0.3 is 0 Å². The first-order valence-electron chi connectivity index (χ1n) is 3.37. The van der Waals surface area contributed by atoms with E-state index in [-0.39, 0.29) is 0 Å². The van der Waals surface area contributed by atoms with Crippen molar-refractivity contribution in [3.8, 4) is 5.69 Å². The quantitative estimate of drug-likeness (QED) is 0.605. The van der Waals surface area contributed by atoms with Gasteiger partial charge in [-0.3, -0.25) is 4.57 Å². The fourth-order valence-corrected chi connectivity index (χ4v) is 0.934. The summed E-state index contributed by atoms with van der Waals surface area (Å²) in [6, 6.07) is 9.95. The van der Waals surface area contributed by atoms with Gasteiger partial charge in [-0.1, -0.05) is 18.2 Å². The normalized spacial score (nSPS) is 9.82. The highest BCUT2D eigenvalue weighted by atomic mass is 15.2. The van der Waals surface area contributed by atoms with E-state index in [0.29, 0.717) is 0 Å². The Morgan fingerprint density at radius 2 is 1.55 bits per heavy atom. The summed E-state index contributed by atoms with van der Waals surface area (Å²) in [6.07, 6.45) is 3.35. The molecule has 3 nitrogen and oxygen atoms in total. The van der Waals surface area contributed by atoms with Gasteiger partial charge in [0.15, 0.2) is 0 Å². The predicted molar refractivity (Wildman–Crippen MR) is 41.4 cm³/mol. The summed E-state index contributed by atoms with van der Waals surface area (Å²) in [4.78, 5) is 0. The van der Waals surface area contributed by atoms with Crippen LogP contribution in [-0.2, 0) is 0 Å². The third-order valence-corrected chi connectivity index (χ3v) is 1.47. The Hall–Kier alpha value is -1.64. The van der Waals surface area contributed by atoms with Crippen LogP contribution in [-0.4, -0.2) is 14.8 Å². The first kappa shape index (κ1) is 6.09. The summed E-state index contributed by atoms with van der Waals surface area (Å²) >= 11 is 0. The van der Waals surface area contributed by atoms with E-state index in [4.69, 9.17) is 0 Å². The second kappa shape index (κ2) is 2.54. The first-order valence-corrected chi connectivity index (χ1v) is 3.37. The molecule has 2 aromatic rings. The van der Waals surface area contributed by atoms with Gasteiger partial charge in [-0.15, -0.1) is 10.2 Å². The highest BCUT2D eigenvalue weighted by Crippen LogP contribution is 2.03. The van der Waals surface area contributed by atoms with E-state index < -0.39 is 0 Å². The Labute approximate surface area is 64.3 Å². The van der Waals surface area contributed by atoms with Crippen molar-refractivity contribution in [2.24, 2.45) is 0 Å². The molecule has 0 saturated carbocycles. The molecule has 1 heterocycles. The summed E-state index contributed by atoms with van der Waals surface area (Å²) in [7, 11) is 0. The second-order valence-corrected chi connectivity index (χ2v) is 2.20. The van der Waals surface area contributed by atoms with Gasteiger partial charge < -0.3 is 0 Å². The van der Waals surface area contributed by atoms with E-state index in [1.54, 1.807) is 12.7 Å². The minimum atomic E-state index is 1.08. The van der Waals surface area contributed by atoms with Crippen molar-refractivity contribution in [2.45, 2.75) is 0 Å². The molecule has 0 bridgehead atoms. The third-order valence-electron chi connectivity index (χ3n) is 1.47. The Morgan fingerprint density at radius 3 is 2.18 bits per heavy atom. The van der Waals surface area contributed by atoms with Gasteiger partial charge in [-0.2, -0.15) is 0 Å². The molecule has 0 N–H and O–H groups in total. The maximum Gasteiger partial charge on any atom is 0.123 e. The summed E-state index contributed by atoms with van der Waals surface area (Å²) < 4.78 is 1.86. The molecule has 0 aliphatic rings. The van der Waals surface area contributed by atoms with Gasteiger partial charge in [-0.25, -0.2) is 0 Å². The molecular weight excluding hydrogens is 138 g/mol. The molecule has 0 amide bonds. The van der Waals surface area contributed by atoms with E-state index in [0.717, 1.165) is 5.69 Å². The average molecular weight is 145 g/mol. The molecule has 0 fully saturated rings. The van der Waals surface area contributed by atoms with E-state index in [1.807, 2.05) is 34.9 Å². The average Bonchev–Trinajstić information content (AvgIpc) is 2.58. The Morgan fingerprint density at radius 1 is 0.909 bits per heavy atom. The Kier molecular flexibility index (Phi) is 1.41. The standard InChI is InChI=1S/C8H7N3/c1-2-4-8(5-3-1)11-6-9-10-7-11/h1-7H. The van der Waals surface area contributed by atoms with E-state index in [1.165, 1.54) is 0 Å². The Balaban J connectivity index is 2.46. The van der Waals surface area contributed by atoms with Crippen LogP contribution >= 0.6 is 0 Å². The number of rotatable bonds is 1. The number of benzene rings is 1. The van der Waals surface area contributed by atoms with Crippen molar-refractivity contribution in [1.82, 2.24) is 14.8 Å². The molecule has 54 valence electrons. The van der Waals surface area contributed by atoms with Crippen molar-refractivity contribution in [3.63, 3.8) is 0 Å². The highest BCUT2D eigenvalue weighted by molar-refractivity contribution is 5.29. The van der Waals surface area contributed by atoms with Crippen LogP contribution in [0.4, 0.5) is 0 Å². The van der Waals surface area contributed by atoms with Crippen LogP contribution in [0.2, 0.25) is 0 Å². The van der Waals surface area contributed by atoms with Gasteiger partial charge in [0, 0.05) is 5.69 Å². The van der Waals surface area contributed by atoms with Crippen molar-refractivity contribution in [2.75, 3.05) is 0 Å². The molecule has 0 aliphatic carbocycles. The minimum Gasteiger partial charge on any atom is -0.288 e. The number of hydrogen-bond donors (Lipinski definition) is 0. The van der Waals surface area contributed by atoms with Gasteiger partial charge in [0.2, 0.25) is 0 Å². The largest absolute Gasteiger partial charge is 0.288 e. The van der Waals surface area contributed by atoms with E-state index >= 15 is 0 Å². The maximum absolute atomic E-state index is 3.71. The number of aromatic nitrogens is 3. The smallest absolute Gasteiger partial charge is 0.123 e. The monoisotopic (exact) mass is 145 g/mol. The van der Waals surface area contributed by atoms with Crippen molar-refractivity contribution >= 4 is 0 Å². The molecule has 3 heteroatoms. The van der Waals surface area contributed by atoms with E-state index in [2.05, 4.69) is 10.2 Å². The number of nitrogens with zero attached hydrogens (tertiary/aromatic N) is 3. The minimum absolute atomic E-state index is 1.08. The fraction of sp³-hybridized carbons (Fsp3) is 0. The number of hydrogen-bond acceptors (Lipinski definition) is 2. The summed E-state index contributed by atoms with van der Waals surface area (Å²) in [5.41, 5.74) is 1.08. The van der Waals surface area contributed by atoms with Crippen LogP contribution in [0.3, 0.4) is 0 Å². The van der Waals surface area contributed by atoms with Gasteiger partial charge in [0.25, 0.3) is 0 Å². The molecular formula is C8H7N3. The van der Waals surface area contributed by atoms with Crippen LogP contribution in [0.15, 0.2) is 43.0 Å². The molecule has 0 unspecified atom stereocenters. The zero-order valence-electron chi connectivity index (χ0n) is 5.88. The Bertz CT molecular complexity index is 312.